The lowest BCUT2D eigenvalue weighted by molar-refractivity contribution is 0.377. The number of anilines is 1. The zero-order chi connectivity index (χ0) is 12.6. The molecular weight excluding hydrogens is 210 g/mol. The zero-order valence-corrected chi connectivity index (χ0v) is 11.1. The number of aryl methyl sites for hydroxylation is 1. The number of nitrogens with zero attached hydrogens (tertiary/aromatic N) is 2. The molecule has 1 unspecified atom stereocenters. The van der Waals surface area contributed by atoms with Crippen molar-refractivity contribution in [2.24, 2.45) is 5.92 Å². The zero-order valence-electron chi connectivity index (χ0n) is 11.1. The molecule has 17 heavy (non-hydrogen) atoms. The van der Waals surface area contributed by atoms with Gasteiger partial charge in [-0.3, -0.25) is 0 Å². The average Bonchev–Trinajstić information content (AvgIpc) is 2.56. The predicted octanol–water partition coefficient (Wildman–Crippen LogP) is 3.53. The molecule has 0 saturated carbocycles. The fourth-order valence-electron chi connectivity index (χ4n) is 2.52. The normalized spacial score (nSPS) is 13.5. The van der Waals surface area contributed by atoms with Crippen LogP contribution < -0.4 is 5.73 Å². The van der Waals surface area contributed by atoms with Crippen molar-refractivity contribution >= 4 is 17.0 Å². The van der Waals surface area contributed by atoms with E-state index in [9.17, 15) is 0 Å². The first-order valence-corrected chi connectivity index (χ1v) is 6.28. The lowest BCUT2D eigenvalue weighted by Crippen LogP contribution is -2.16. The van der Waals surface area contributed by atoms with E-state index in [0.717, 1.165) is 17.5 Å². The Labute approximate surface area is 103 Å². The molecule has 0 fully saturated rings. The Hall–Kier alpha value is -1.51. The Morgan fingerprint density at radius 1 is 1.35 bits per heavy atom. The summed E-state index contributed by atoms with van der Waals surface area (Å²) < 4.78 is 2.19. The van der Waals surface area contributed by atoms with Crippen LogP contribution in [0.3, 0.4) is 0 Å². The van der Waals surface area contributed by atoms with Gasteiger partial charge in [0.15, 0.2) is 0 Å². The van der Waals surface area contributed by atoms with E-state index < -0.39 is 0 Å². The number of imidazole rings is 1. The van der Waals surface area contributed by atoms with E-state index in [1.165, 1.54) is 5.56 Å². The molecule has 3 nitrogen and oxygen atoms in total. The van der Waals surface area contributed by atoms with Crippen molar-refractivity contribution in [2.75, 3.05) is 5.73 Å². The van der Waals surface area contributed by atoms with Gasteiger partial charge in [-0.15, -0.1) is 0 Å². The summed E-state index contributed by atoms with van der Waals surface area (Å²) in [5.74, 6) is 1.19. The minimum absolute atomic E-state index is 0.418. The van der Waals surface area contributed by atoms with Crippen LogP contribution in [0.15, 0.2) is 18.2 Å². The summed E-state index contributed by atoms with van der Waals surface area (Å²) in [5.41, 5.74) is 9.47. The van der Waals surface area contributed by atoms with E-state index in [2.05, 4.69) is 49.4 Å². The van der Waals surface area contributed by atoms with Crippen molar-refractivity contribution in [3.8, 4) is 0 Å². The number of fused-ring (bicyclic) bond motifs is 1. The second kappa shape index (κ2) is 4.40. The second-order valence-electron chi connectivity index (χ2n) is 5.05. The van der Waals surface area contributed by atoms with E-state index in [-0.39, 0.29) is 0 Å². The lowest BCUT2D eigenvalue weighted by atomic mass is 10.0. The van der Waals surface area contributed by atoms with E-state index >= 15 is 0 Å². The molecule has 0 saturated heterocycles. The van der Waals surface area contributed by atoms with E-state index in [0.29, 0.717) is 17.9 Å². The summed E-state index contributed by atoms with van der Waals surface area (Å²) in [5, 5.41) is 0. The summed E-state index contributed by atoms with van der Waals surface area (Å²) >= 11 is 0. The highest BCUT2D eigenvalue weighted by molar-refractivity contribution is 5.79. The Bertz CT molecular complexity index is 525. The molecule has 2 aromatic rings. The highest BCUT2D eigenvalue weighted by Crippen LogP contribution is 2.29. The molecular formula is C14H21N3. The van der Waals surface area contributed by atoms with Gasteiger partial charge >= 0.3 is 0 Å². The van der Waals surface area contributed by atoms with Gasteiger partial charge in [0.1, 0.15) is 0 Å². The van der Waals surface area contributed by atoms with Gasteiger partial charge in [0, 0.05) is 6.04 Å². The molecule has 0 aliphatic heterocycles. The number of nitrogens with two attached hydrogens (primary N) is 1. The van der Waals surface area contributed by atoms with Crippen molar-refractivity contribution in [3.63, 3.8) is 0 Å². The SMILES string of the molecule is CCC(C(C)C)n1c(N)nc2ccc(C)cc21. The van der Waals surface area contributed by atoms with Crippen LogP contribution in [-0.4, -0.2) is 9.55 Å². The molecule has 3 heteroatoms. The Morgan fingerprint density at radius 3 is 2.65 bits per heavy atom. The predicted molar refractivity (Wildman–Crippen MR) is 73.0 cm³/mol. The molecule has 2 N–H and O–H groups in total. The summed E-state index contributed by atoms with van der Waals surface area (Å²) in [6.07, 6.45) is 1.07. The molecule has 92 valence electrons. The maximum absolute atomic E-state index is 6.07. The van der Waals surface area contributed by atoms with Crippen LogP contribution in [0.1, 0.15) is 38.8 Å². The standard InChI is InChI=1S/C14H21N3/c1-5-12(9(2)3)17-13-8-10(4)6-7-11(13)16-14(17)15/h6-9,12H,5H2,1-4H3,(H2,15,16). The highest BCUT2D eigenvalue weighted by Gasteiger charge is 2.19. The molecule has 1 atom stereocenters. The van der Waals surface area contributed by atoms with Gasteiger partial charge in [0.05, 0.1) is 11.0 Å². The molecule has 2 rings (SSSR count). The first-order chi connectivity index (χ1) is 8.04. The molecule has 1 aromatic carbocycles. The number of nitrogen functional groups attached to an aromatic ring is 1. The van der Waals surface area contributed by atoms with Crippen LogP contribution in [0.25, 0.3) is 11.0 Å². The maximum atomic E-state index is 6.07. The van der Waals surface area contributed by atoms with Gasteiger partial charge in [-0.1, -0.05) is 26.8 Å². The number of rotatable bonds is 3. The van der Waals surface area contributed by atoms with E-state index in [1.807, 2.05) is 6.07 Å². The third kappa shape index (κ3) is 2.02. The van der Waals surface area contributed by atoms with Crippen LogP contribution >= 0.6 is 0 Å². The molecule has 1 heterocycles. The topological polar surface area (TPSA) is 43.8 Å². The van der Waals surface area contributed by atoms with Gasteiger partial charge in [-0.05, 0) is 37.0 Å². The lowest BCUT2D eigenvalue weighted by Gasteiger charge is -2.22. The fourth-order valence-corrected chi connectivity index (χ4v) is 2.52. The smallest absolute Gasteiger partial charge is 0.201 e. The molecule has 0 bridgehead atoms. The first-order valence-electron chi connectivity index (χ1n) is 6.28. The van der Waals surface area contributed by atoms with E-state index in [4.69, 9.17) is 5.73 Å². The van der Waals surface area contributed by atoms with Crippen molar-refractivity contribution in [1.29, 1.82) is 0 Å². The van der Waals surface area contributed by atoms with Crippen LogP contribution in [0.2, 0.25) is 0 Å². The van der Waals surface area contributed by atoms with E-state index in [1.54, 1.807) is 0 Å². The van der Waals surface area contributed by atoms with Gasteiger partial charge < -0.3 is 10.3 Å². The third-order valence-electron chi connectivity index (χ3n) is 3.39. The second-order valence-corrected chi connectivity index (χ2v) is 5.05. The Morgan fingerprint density at radius 2 is 2.06 bits per heavy atom. The maximum Gasteiger partial charge on any atom is 0.201 e. The first kappa shape index (κ1) is 12.0. The van der Waals surface area contributed by atoms with Crippen LogP contribution in [0.5, 0.6) is 0 Å². The average molecular weight is 231 g/mol. The molecule has 0 spiro atoms. The monoisotopic (exact) mass is 231 g/mol. The highest BCUT2D eigenvalue weighted by atomic mass is 15.2. The van der Waals surface area contributed by atoms with Gasteiger partial charge in [0.2, 0.25) is 5.95 Å². The molecule has 0 aliphatic carbocycles. The number of hydrogen-bond donors (Lipinski definition) is 1. The molecule has 0 aliphatic rings. The van der Waals surface area contributed by atoms with Crippen molar-refractivity contribution in [2.45, 2.75) is 40.2 Å². The number of aromatic nitrogens is 2. The number of hydrogen-bond acceptors (Lipinski definition) is 2. The van der Waals surface area contributed by atoms with Crippen molar-refractivity contribution in [1.82, 2.24) is 9.55 Å². The van der Waals surface area contributed by atoms with Gasteiger partial charge in [-0.25, -0.2) is 4.98 Å². The largest absolute Gasteiger partial charge is 0.369 e. The van der Waals surface area contributed by atoms with Gasteiger partial charge in [0.25, 0.3) is 0 Å². The molecule has 0 radical (unpaired) electrons. The van der Waals surface area contributed by atoms with Crippen molar-refractivity contribution < 1.29 is 0 Å². The van der Waals surface area contributed by atoms with Crippen LogP contribution in [0.4, 0.5) is 5.95 Å². The summed E-state index contributed by atoms with van der Waals surface area (Å²) in [6, 6.07) is 6.71. The summed E-state index contributed by atoms with van der Waals surface area (Å²) in [4.78, 5) is 4.45. The minimum Gasteiger partial charge on any atom is -0.369 e. The summed E-state index contributed by atoms with van der Waals surface area (Å²) in [6.45, 7) is 8.76. The van der Waals surface area contributed by atoms with Crippen LogP contribution in [0, 0.1) is 12.8 Å². The fraction of sp³-hybridized carbons (Fsp3) is 0.500. The van der Waals surface area contributed by atoms with Crippen molar-refractivity contribution in [3.05, 3.63) is 23.8 Å². The van der Waals surface area contributed by atoms with Crippen LogP contribution in [-0.2, 0) is 0 Å². The quantitative estimate of drug-likeness (QED) is 0.878. The minimum atomic E-state index is 0.418. The number of benzene rings is 1. The summed E-state index contributed by atoms with van der Waals surface area (Å²) in [7, 11) is 0. The Balaban J connectivity index is 2.66. The third-order valence-corrected chi connectivity index (χ3v) is 3.39. The van der Waals surface area contributed by atoms with Gasteiger partial charge in [-0.2, -0.15) is 0 Å². The Kier molecular flexibility index (Phi) is 3.09. The molecule has 1 aromatic heterocycles. The molecule has 0 amide bonds.